The van der Waals surface area contributed by atoms with Gasteiger partial charge in [0.05, 0.1) is 16.8 Å². The van der Waals surface area contributed by atoms with E-state index in [4.69, 9.17) is 4.98 Å². The van der Waals surface area contributed by atoms with Gasteiger partial charge in [0.25, 0.3) is 0 Å². The number of nitrogens with one attached hydrogen (secondary N) is 1. The summed E-state index contributed by atoms with van der Waals surface area (Å²) in [6.45, 7) is 4.16. The molecule has 3 fully saturated rings. The van der Waals surface area contributed by atoms with Gasteiger partial charge in [-0.2, -0.15) is 0 Å². The van der Waals surface area contributed by atoms with Gasteiger partial charge in [0, 0.05) is 59.4 Å². The van der Waals surface area contributed by atoms with Crippen LogP contribution in [0.3, 0.4) is 0 Å². The fourth-order valence-electron chi connectivity index (χ4n) is 9.86. The number of hydrogen-bond acceptors (Lipinski definition) is 5. The molecule has 0 radical (unpaired) electrons. The van der Waals surface area contributed by atoms with E-state index in [-0.39, 0.29) is 11.5 Å². The molecule has 1 aromatic carbocycles. The third kappa shape index (κ3) is 4.24. The van der Waals surface area contributed by atoms with Crippen LogP contribution in [0.25, 0.3) is 27.4 Å². The SMILES string of the molecule is O=C1CCCN2[C@H](CC1)C[C@@]13CN4CCCC/C=C/CC[C@@](O)(C=C(c5nccc6c5[nH]c5ccccc56)[C@H]1CC4)[C@@H]23. The number of H-pyrrole nitrogens is 1. The van der Waals surface area contributed by atoms with Crippen LogP contribution in [0, 0.1) is 11.3 Å². The van der Waals surface area contributed by atoms with Gasteiger partial charge < -0.3 is 15.0 Å². The summed E-state index contributed by atoms with van der Waals surface area (Å²) in [5.74, 6) is 0.744. The van der Waals surface area contributed by atoms with Gasteiger partial charge in [-0.05, 0) is 107 Å². The van der Waals surface area contributed by atoms with Crippen molar-refractivity contribution in [1.82, 2.24) is 19.8 Å². The van der Waals surface area contributed by atoms with Gasteiger partial charge >= 0.3 is 0 Å². The number of hydrogen-bond donors (Lipinski definition) is 2. The van der Waals surface area contributed by atoms with Crippen molar-refractivity contribution in [3.63, 3.8) is 0 Å². The van der Waals surface area contributed by atoms with Crippen LogP contribution in [0.2, 0.25) is 0 Å². The minimum atomic E-state index is -0.957. The first-order valence-corrected chi connectivity index (χ1v) is 16.5. The second-order valence-electron chi connectivity index (χ2n) is 13.9. The van der Waals surface area contributed by atoms with Crippen molar-refractivity contribution in [3.05, 3.63) is 60.5 Å². The van der Waals surface area contributed by atoms with Crippen LogP contribution in [0.4, 0.5) is 0 Å². The number of carbonyl (C=O) groups is 1. The molecule has 6 atom stereocenters. The van der Waals surface area contributed by atoms with E-state index in [2.05, 4.69) is 63.3 Å². The van der Waals surface area contributed by atoms with Crippen molar-refractivity contribution in [2.45, 2.75) is 88.3 Å². The maximum Gasteiger partial charge on any atom is 0.133 e. The van der Waals surface area contributed by atoms with E-state index in [1.54, 1.807) is 0 Å². The number of para-hydroxylation sites is 1. The lowest BCUT2D eigenvalue weighted by Crippen LogP contribution is -2.65. The molecule has 1 aliphatic carbocycles. The number of Topliss-reactive ketones (excluding diaryl/α,β-unsaturated/α-hetero) is 1. The fourth-order valence-corrected chi connectivity index (χ4v) is 9.86. The van der Waals surface area contributed by atoms with Gasteiger partial charge in [0.1, 0.15) is 5.78 Å². The summed E-state index contributed by atoms with van der Waals surface area (Å²) in [4.78, 5) is 26.8. The number of aliphatic hydroxyl groups is 1. The van der Waals surface area contributed by atoms with E-state index in [9.17, 15) is 9.90 Å². The highest BCUT2D eigenvalue weighted by atomic mass is 16.3. The molecular weight excluding hydrogens is 520 g/mol. The van der Waals surface area contributed by atoms with Crippen LogP contribution in [-0.2, 0) is 4.79 Å². The Morgan fingerprint density at radius 3 is 2.81 bits per heavy atom. The zero-order chi connectivity index (χ0) is 28.3. The van der Waals surface area contributed by atoms with Gasteiger partial charge in [-0.25, -0.2) is 0 Å². The first kappa shape index (κ1) is 26.8. The summed E-state index contributed by atoms with van der Waals surface area (Å²) in [5, 5.41) is 15.5. The fraction of sp³-hybridized carbons (Fsp3) is 0.556. The number of allylic oxidation sites excluding steroid dienone is 3. The number of carbonyl (C=O) groups excluding carboxylic acids is 1. The van der Waals surface area contributed by atoms with Gasteiger partial charge in [-0.15, -0.1) is 0 Å². The highest BCUT2D eigenvalue weighted by molar-refractivity contribution is 6.09. The molecule has 3 saturated heterocycles. The first-order chi connectivity index (χ1) is 20.6. The lowest BCUT2D eigenvalue weighted by Gasteiger charge is -2.58. The number of benzene rings is 1. The molecule has 2 aromatic heterocycles. The van der Waals surface area contributed by atoms with Gasteiger partial charge in [0.15, 0.2) is 0 Å². The average Bonchev–Trinajstić information content (AvgIpc) is 3.51. The minimum Gasteiger partial charge on any atom is -0.384 e. The molecule has 6 heteroatoms. The van der Waals surface area contributed by atoms with Crippen molar-refractivity contribution >= 4 is 33.2 Å². The summed E-state index contributed by atoms with van der Waals surface area (Å²) in [5.41, 5.74) is 3.47. The normalized spacial score (nSPS) is 36.7. The predicted octanol–water partition coefficient (Wildman–Crippen LogP) is 6.26. The number of aromatic amines is 1. The molecule has 4 aliphatic heterocycles. The largest absolute Gasteiger partial charge is 0.384 e. The summed E-state index contributed by atoms with van der Waals surface area (Å²) >= 11 is 0. The standard InChI is InChI=1S/C36H44N4O2/c41-26-10-9-20-40-25(13-14-26)22-35-24-39-19-8-4-2-1-3-7-17-36(42,34(35)40)23-29(30(35)16-21-39)32-33-28(15-18-37-32)27-11-5-6-12-31(27)38-33/h1,3,5-6,11-12,15,18,23,25,30,34,38,42H,2,4,7-10,13-14,16-17,19-22,24H2/b3-1+/t25-,30-,34+,35-,36-/m1/s1. The van der Waals surface area contributed by atoms with Crippen LogP contribution in [-0.4, -0.2) is 74.5 Å². The average molecular weight is 565 g/mol. The second kappa shape index (κ2) is 10.4. The molecule has 0 saturated carbocycles. The summed E-state index contributed by atoms with van der Waals surface area (Å²) in [7, 11) is 0. The summed E-state index contributed by atoms with van der Waals surface area (Å²) in [6, 6.07) is 11.1. The Balaban J connectivity index is 1.33. The quantitative estimate of drug-likeness (QED) is 0.342. The smallest absolute Gasteiger partial charge is 0.133 e. The Labute approximate surface area is 248 Å². The monoisotopic (exact) mass is 564 g/mol. The first-order valence-electron chi connectivity index (χ1n) is 16.5. The third-order valence-corrected chi connectivity index (χ3v) is 11.5. The molecule has 5 aliphatic rings. The number of nitrogens with zero attached hydrogens (tertiary/aromatic N) is 3. The predicted molar refractivity (Wildman–Crippen MR) is 168 cm³/mol. The molecule has 6 nitrogen and oxygen atoms in total. The Hall–Kier alpha value is -2.80. The zero-order valence-corrected chi connectivity index (χ0v) is 24.7. The molecule has 42 heavy (non-hydrogen) atoms. The Morgan fingerprint density at radius 1 is 0.952 bits per heavy atom. The van der Waals surface area contributed by atoms with Crippen molar-refractivity contribution in [3.8, 4) is 0 Å². The van der Waals surface area contributed by atoms with Gasteiger partial charge in [0.2, 0.25) is 0 Å². The molecule has 3 aromatic rings. The molecule has 8 rings (SSSR count). The highest BCUT2D eigenvalue weighted by Gasteiger charge is 2.66. The lowest BCUT2D eigenvalue weighted by molar-refractivity contribution is -0.120. The van der Waals surface area contributed by atoms with Crippen LogP contribution in [0.1, 0.15) is 76.3 Å². The van der Waals surface area contributed by atoms with E-state index in [0.29, 0.717) is 30.6 Å². The van der Waals surface area contributed by atoms with E-state index in [0.717, 1.165) is 87.9 Å². The summed E-state index contributed by atoms with van der Waals surface area (Å²) < 4.78 is 0. The lowest BCUT2D eigenvalue weighted by atomic mass is 9.54. The number of pyridine rings is 1. The van der Waals surface area contributed by atoms with Crippen molar-refractivity contribution in [1.29, 1.82) is 0 Å². The molecule has 3 bridgehead atoms. The number of rotatable bonds is 1. The topological polar surface area (TPSA) is 72.5 Å². The number of ketones is 1. The van der Waals surface area contributed by atoms with E-state index in [1.807, 2.05) is 6.20 Å². The van der Waals surface area contributed by atoms with Crippen LogP contribution >= 0.6 is 0 Å². The molecular formula is C36H44N4O2. The van der Waals surface area contributed by atoms with Crippen LogP contribution < -0.4 is 0 Å². The van der Waals surface area contributed by atoms with E-state index < -0.39 is 5.60 Å². The van der Waals surface area contributed by atoms with Crippen LogP contribution in [0.5, 0.6) is 0 Å². The Kier molecular flexibility index (Phi) is 6.65. The van der Waals surface area contributed by atoms with Gasteiger partial charge in [-0.3, -0.25) is 14.7 Å². The maximum absolute atomic E-state index is 13.1. The molecule has 1 unspecified atom stereocenters. The van der Waals surface area contributed by atoms with Crippen molar-refractivity contribution in [2.75, 3.05) is 26.2 Å². The Bertz CT molecular complexity index is 1570. The van der Waals surface area contributed by atoms with Crippen LogP contribution in [0.15, 0.2) is 54.8 Å². The van der Waals surface area contributed by atoms with Gasteiger partial charge in [-0.1, -0.05) is 30.4 Å². The second-order valence-corrected chi connectivity index (χ2v) is 13.9. The molecule has 2 N–H and O–H groups in total. The molecule has 1 spiro atoms. The number of aromatic nitrogens is 2. The molecule has 220 valence electrons. The maximum atomic E-state index is 13.1. The number of fused-ring (bicyclic) bond motifs is 5. The molecule has 6 heterocycles. The van der Waals surface area contributed by atoms with E-state index in [1.165, 1.54) is 29.2 Å². The zero-order valence-electron chi connectivity index (χ0n) is 24.7. The summed E-state index contributed by atoms with van der Waals surface area (Å²) in [6.07, 6.45) is 19.4. The molecule has 0 amide bonds. The van der Waals surface area contributed by atoms with Crippen molar-refractivity contribution in [2.24, 2.45) is 11.3 Å². The Morgan fingerprint density at radius 2 is 1.86 bits per heavy atom. The minimum absolute atomic E-state index is 0.0656. The highest BCUT2D eigenvalue weighted by Crippen LogP contribution is 2.62. The van der Waals surface area contributed by atoms with E-state index >= 15 is 0 Å². The van der Waals surface area contributed by atoms with Crippen molar-refractivity contribution < 1.29 is 9.90 Å². The number of piperidine rings is 1. The third-order valence-electron chi connectivity index (χ3n) is 11.5.